The highest BCUT2D eigenvalue weighted by molar-refractivity contribution is 5.75. The standard InChI is InChI=1S/C21H24N2O4/c1-16-6-5-9-18(14-16)19(20(24)25)22-10-12-23(13-11-22)21(26)27-15-17-7-3-2-4-8-17/h2-9,14,19H,10-13,15H2,1H3,(H,24,25). The van der Waals surface area contributed by atoms with Gasteiger partial charge in [-0.2, -0.15) is 0 Å². The van der Waals surface area contributed by atoms with Gasteiger partial charge in [0.1, 0.15) is 12.6 Å². The first-order valence-electron chi connectivity index (χ1n) is 9.03. The van der Waals surface area contributed by atoms with Gasteiger partial charge in [0.2, 0.25) is 0 Å². The number of benzene rings is 2. The molecule has 1 atom stereocenters. The molecule has 0 aromatic heterocycles. The molecule has 0 aliphatic carbocycles. The number of aryl methyl sites for hydroxylation is 1. The Bertz CT molecular complexity index is 786. The molecule has 3 rings (SSSR count). The summed E-state index contributed by atoms with van der Waals surface area (Å²) in [6.07, 6.45) is -0.360. The molecule has 0 spiro atoms. The van der Waals surface area contributed by atoms with Gasteiger partial charge in [0.15, 0.2) is 0 Å². The molecule has 142 valence electrons. The van der Waals surface area contributed by atoms with Crippen molar-refractivity contribution in [2.24, 2.45) is 0 Å². The summed E-state index contributed by atoms with van der Waals surface area (Å²) in [7, 11) is 0. The van der Waals surface area contributed by atoms with E-state index in [1.54, 1.807) is 4.90 Å². The number of hydrogen-bond acceptors (Lipinski definition) is 4. The van der Waals surface area contributed by atoms with Crippen LogP contribution in [0.3, 0.4) is 0 Å². The second kappa shape index (κ2) is 8.68. The Kier molecular flexibility index (Phi) is 6.08. The molecular formula is C21H24N2O4. The summed E-state index contributed by atoms with van der Waals surface area (Å²) in [5.41, 5.74) is 2.74. The van der Waals surface area contributed by atoms with E-state index in [9.17, 15) is 14.7 Å². The van der Waals surface area contributed by atoms with Crippen molar-refractivity contribution in [2.45, 2.75) is 19.6 Å². The second-order valence-electron chi connectivity index (χ2n) is 6.72. The van der Waals surface area contributed by atoms with Crippen molar-refractivity contribution in [3.8, 4) is 0 Å². The van der Waals surface area contributed by atoms with Gasteiger partial charge in [0, 0.05) is 26.2 Å². The van der Waals surface area contributed by atoms with Crippen LogP contribution in [0.4, 0.5) is 4.79 Å². The summed E-state index contributed by atoms with van der Waals surface area (Å²) >= 11 is 0. The molecule has 0 bridgehead atoms. The van der Waals surface area contributed by atoms with Crippen LogP contribution in [0.5, 0.6) is 0 Å². The van der Waals surface area contributed by atoms with Gasteiger partial charge in [-0.15, -0.1) is 0 Å². The summed E-state index contributed by atoms with van der Waals surface area (Å²) < 4.78 is 5.36. The van der Waals surface area contributed by atoms with Crippen LogP contribution in [-0.2, 0) is 16.1 Å². The summed E-state index contributed by atoms with van der Waals surface area (Å²) in [4.78, 5) is 27.6. The van der Waals surface area contributed by atoms with Crippen molar-refractivity contribution >= 4 is 12.1 Å². The molecule has 1 heterocycles. The fourth-order valence-electron chi connectivity index (χ4n) is 3.32. The highest BCUT2D eigenvalue weighted by Gasteiger charge is 2.31. The lowest BCUT2D eigenvalue weighted by Crippen LogP contribution is -2.51. The number of rotatable bonds is 5. The Labute approximate surface area is 159 Å². The number of piperazine rings is 1. The third-order valence-electron chi connectivity index (χ3n) is 4.73. The summed E-state index contributed by atoms with van der Waals surface area (Å²) in [6, 6.07) is 16.4. The Morgan fingerprint density at radius 2 is 1.74 bits per heavy atom. The Hall–Kier alpha value is -2.86. The average Bonchev–Trinajstić information content (AvgIpc) is 2.67. The molecule has 0 saturated carbocycles. The third-order valence-corrected chi connectivity index (χ3v) is 4.73. The molecule has 1 aliphatic rings. The Morgan fingerprint density at radius 3 is 2.37 bits per heavy atom. The first-order valence-corrected chi connectivity index (χ1v) is 9.03. The fraction of sp³-hybridized carbons (Fsp3) is 0.333. The zero-order valence-corrected chi connectivity index (χ0v) is 15.4. The van der Waals surface area contributed by atoms with Gasteiger partial charge in [-0.25, -0.2) is 4.79 Å². The highest BCUT2D eigenvalue weighted by atomic mass is 16.6. The van der Waals surface area contributed by atoms with E-state index in [-0.39, 0.29) is 12.7 Å². The molecule has 1 aliphatic heterocycles. The SMILES string of the molecule is Cc1cccc(C(C(=O)O)N2CCN(C(=O)OCc3ccccc3)CC2)c1. The maximum Gasteiger partial charge on any atom is 0.410 e. The molecule has 27 heavy (non-hydrogen) atoms. The molecule has 1 fully saturated rings. The topological polar surface area (TPSA) is 70.1 Å². The van der Waals surface area contributed by atoms with Crippen LogP contribution in [0.25, 0.3) is 0 Å². The molecule has 1 unspecified atom stereocenters. The minimum atomic E-state index is -0.874. The third kappa shape index (κ3) is 4.86. The van der Waals surface area contributed by atoms with Crippen molar-refractivity contribution < 1.29 is 19.4 Å². The minimum Gasteiger partial charge on any atom is -0.480 e. The number of carbonyl (C=O) groups is 2. The van der Waals surface area contributed by atoms with E-state index in [0.29, 0.717) is 26.2 Å². The van der Waals surface area contributed by atoms with Gasteiger partial charge in [0.25, 0.3) is 0 Å². The van der Waals surface area contributed by atoms with Gasteiger partial charge in [-0.05, 0) is 18.1 Å². The monoisotopic (exact) mass is 368 g/mol. The number of carboxylic acid groups (broad SMARTS) is 1. The van der Waals surface area contributed by atoms with Crippen LogP contribution in [0, 0.1) is 6.92 Å². The molecule has 6 heteroatoms. The predicted molar refractivity (Wildman–Crippen MR) is 101 cm³/mol. The molecule has 1 saturated heterocycles. The quantitative estimate of drug-likeness (QED) is 0.878. The van der Waals surface area contributed by atoms with E-state index in [1.165, 1.54) is 0 Å². The zero-order valence-electron chi connectivity index (χ0n) is 15.4. The lowest BCUT2D eigenvalue weighted by Gasteiger charge is -2.37. The van der Waals surface area contributed by atoms with Crippen molar-refractivity contribution in [3.05, 3.63) is 71.3 Å². The zero-order chi connectivity index (χ0) is 19.2. The van der Waals surface area contributed by atoms with Crippen molar-refractivity contribution in [3.63, 3.8) is 0 Å². The first-order chi connectivity index (χ1) is 13.0. The van der Waals surface area contributed by atoms with Crippen molar-refractivity contribution in [1.82, 2.24) is 9.80 Å². The first kappa shape index (κ1) is 18.9. The molecule has 1 amide bonds. The molecular weight excluding hydrogens is 344 g/mol. The average molecular weight is 368 g/mol. The van der Waals surface area contributed by atoms with Crippen LogP contribution >= 0.6 is 0 Å². The second-order valence-corrected chi connectivity index (χ2v) is 6.72. The maximum atomic E-state index is 12.3. The van der Waals surface area contributed by atoms with Crippen molar-refractivity contribution in [2.75, 3.05) is 26.2 Å². The van der Waals surface area contributed by atoms with E-state index in [4.69, 9.17) is 4.74 Å². The number of amides is 1. The van der Waals surface area contributed by atoms with E-state index < -0.39 is 12.0 Å². The lowest BCUT2D eigenvalue weighted by molar-refractivity contribution is -0.144. The number of carbonyl (C=O) groups excluding carboxylic acids is 1. The van der Waals surface area contributed by atoms with Gasteiger partial charge in [-0.1, -0.05) is 60.2 Å². The normalized spacial score (nSPS) is 16.0. The van der Waals surface area contributed by atoms with E-state index in [0.717, 1.165) is 16.7 Å². The highest BCUT2D eigenvalue weighted by Crippen LogP contribution is 2.23. The van der Waals surface area contributed by atoms with Crippen LogP contribution in [0.1, 0.15) is 22.7 Å². The minimum absolute atomic E-state index is 0.237. The van der Waals surface area contributed by atoms with E-state index in [2.05, 4.69) is 0 Å². The number of carboxylic acids is 1. The Morgan fingerprint density at radius 1 is 1.04 bits per heavy atom. The summed E-state index contributed by atoms with van der Waals surface area (Å²) in [6.45, 7) is 4.06. The van der Waals surface area contributed by atoms with E-state index in [1.807, 2.05) is 66.4 Å². The van der Waals surface area contributed by atoms with Crippen LogP contribution < -0.4 is 0 Å². The molecule has 6 nitrogen and oxygen atoms in total. The van der Waals surface area contributed by atoms with Crippen LogP contribution in [0.2, 0.25) is 0 Å². The Balaban J connectivity index is 1.57. The fourth-order valence-corrected chi connectivity index (χ4v) is 3.32. The van der Waals surface area contributed by atoms with Crippen LogP contribution in [-0.4, -0.2) is 53.1 Å². The number of aliphatic carboxylic acids is 1. The molecule has 1 N–H and O–H groups in total. The number of hydrogen-bond donors (Lipinski definition) is 1. The van der Waals surface area contributed by atoms with Gasteiger partial charge in [0.05, 0.1) is 0 Å². The number of nitrogens with zero attached hydrogens (tertiary/aromatic N) is 2. The van der Waals surface area contributed by atoms with Gasteiger partial charge < -0.3 is 14.7 Å². The lowest BCUT2D eigenvalue weighted by atomic mass is 10.0. The predicted octanol–water partition coefficient (Wildman–Crippen LogP) is 3.08. The largest absolute Gasteiger partial charge is 0.480 e. The molecule has 2 aromatic rings. The van der Waals surface area contributed by atoms with Crippen molar-refractivity contribution in [1.29, 1.82) is 0 Å². The van der Waals surface area contributed by atoms with E-state index >= 15 is 0 Å². The summed E-state index contributed by atoms with van der Waals surface area (Å²) in [5.74, 6) is -0.874. The summed E-state index contributed by atoms with van der Waals surface area (Å²) in [5, 5.41) is 9.71. The van der Waals surface area contributed by atoms with Gasteiger partial charge >= 0.3 is 12.1 Å². The smallest absolute Gasteiger partial charge is 0.410 e. The van der Waals surface area contributed by atoms with Gasteiger partial charge in [-0.3, -0.25) is 9.69 Å². The number of ether oxygens (including phenoxy) is 1. The maximum absolute atomic E-state index is 12.3. The molecule has 2 aromatic carbocycles. The molecule has 0 radical (unpaired) electrons. The van der Waals surface area contributed by atoms with Crippen LogP contribution in [0.15, 0.2) is 54.6 Å².